The number of nitrogens with zero attached hydrogens (tertiary/aromatic N) is 1. The van der Waals surface area contributed by atoms with E-state index in [0.29, 0.717) is 33.6 Å². The van der Waals surface area contributed by atoms with Gasteiger partial charge in [0.2, 0.25) is 10.0 Å². The highest BCUT2D eigenvalue weighted by Gasteiger charge is 2.31. The Kier molecular flexibility index (Phi) is 8.69. The summed E-state index contributed by atoms with van der Waals surface area (Å²) in [4.78, 5) is 26.5. The topological polar surface area (TPSA) is 96.7 Å². The molecule has 0 unspecified atom stereocenters. The Morgan fingerprint density at radius 1 is 1.05 bits per heavy atom. The van der Waals surface area contributed by atoms with Crippen LogP contribution in [0.3, 0.4) is 0 Å². The summed E-state index contributed by atoms with van der Waals surface area (Å²) in [7, 11) is -3.95. The number of sulfonamides is 1. The zero-order chi connectivity index (χ0) is 30.9. The predicted molar refractivity (Wildman–Crippen MR) is 164 cm³/mol. The van der Waals surface area contributed by atoms with Crippen LogP contribution in [0.1, 0.15) is 60.2 Å². The SMILES string of the molecule is CCC(=O)c1c(-c2ccc(F)cc2)oc2cc(N(CCF)S(C)(=O)=O)c(-c3cccc(C(=O)N[C@H](CC)C4CC4)c3)cc12. The standard InChI is InChI=1S/C33H34F2N2O5S/c1-4-27(20-9-10-20)36-33(39)23-8-6-7-22(17-23)25-18-26-30(19-28(25)37(16-15-34)43(3,40)41)42-32(31(26)29(38)5-2)21-11-13-24(35)14-12-21/h6-8,11-14,17-20,27H,4-5,9-10,15-16H2,1-3H3,(H,36,39)/t27-/m1/s1. The fourth-order valence-corrected chi connectivity index (χ4v) is 6.41. The van der Waals surface area contributed by atoms with Gasteiger partial charge in [0, 0.05) is 40.6 Å². The Morgan fingerprint density at radius 2 is 1.77 bits per heavy atom. The zero-order valence-corrected chi connectivity index (χ0v) is 25.1. The number of nitrogens with one attached hydrogen (secondary N) is 1. The summed E-state index contributed by atoms with van der Waals surface area (Å²) in [5, 5.41) is 3.54. The van der Waals surface area contributed by atoms with E-state index >= 15 is 0 Å². The van der Waals surface area contributed by atoms with E-state index in [4.69, 9.17) is 4.42 Å². The minimum absolute atomic E-state index is 0.0757. The first-order valence-electron chi connectivity index (χ1n) is 14.4. The number of ketones is 1. The third-order valence-corrected chi connectivity index (χ3v) is 9.03. The molecule has 1 heterocycles. The molecule has 1 saturated carbocycles. The first-order valence-corrected chi connectivity index (χ1v) is 16.2. The monoisotopic (exact) mass is 608 g/mol. The lowest BCUT2D eigenvalue weighted by Crippen LogP contribution is -2.35. The van der Waals surface area contributed by atoms with Crippen molar-refractivity contribution >= 4 is 38.4 Å². The highest BCUT2D eigenvalue weighted by atomic mass is 32.2. The minimum atomic E-state index is -3.95. The van der Waals surface area contributed by atoms with Crippen LogP contribution < -0.4 is 9.62 Å². The summed E-state index contributed by atoms with van der Waals surface area (Å²) in [5.41, 5.74) is 2.39. The van der Waals surface area contributed by atoms with Crippen molar-refractivity contribution in [3.63, 3.8) is 0 Å². The first kappa shape index (κ1) is 30.4. The van der Waals surface area contributed by atoms with Crippen molar-refractivity contribution < 1.29 is 31.2 Å². The molecule has 43 heavy (non-hydrogen) atoms. The number of hydrogen-bond donors (Lipinski definition) is 1. The van der Waals surface area contributed by atoms with Gasteiger partial charge in [-0.05, 0) is 73.2 Å². The number of furan rings is 1. The lowest BCUT2D eigenvalue weighted by Gasteiger charge is -2.24. The molecular weight excluding hydrogens is 574 g/mol. The lowest BCUT2D eigenvalue weighted by molar-refractivity contribution is 0.0929. The van der Waals surface area contributed by atoms with Crippen LogP contribution in [0.15, 0.2) is 65.1 Å². The number of rotatable bonds is 12. The van der Waals surface area contributed by atoms with E-state index in [1.165, 1.54) is 30.3 Å². The van der Waals surface area contributed by atoms with Crippen molar-refractivity contribution in [2.75, 3.05) is 23.8 Å². The Balaban J connectivity index is 1.73. The van der Waals surface area contributed by atoms with Crippen molar-refractivity contribution in [2.24, 2.45) is 5.92 Å². The Hall–Kier alpha value is -4.05. The van der Waals surface area contributed by atoms with E-state index in [-0.39, 0.29) is 46.7 Å². The molecule has 1 aliphatic rings. The van der Waals surface area contributed by atoms with Gasteiger partial charge in [-0.2, -0.15) is 0 Å². The van der Waals surface area contributed by atoms with Gasteiger partial charge in [-0.3, -0.25) is 13.9 Å². The van der Waals surface area contributed by atoms with Crippen molar-refractivity contribution in [3.05, 3.63) is 77.6 Å². The molecule has 0 spiro atoms. The summed E-state index contributed by atoms with van der Waals surface area (Å²) in [6.45, 7) is 2.37. The van der Waals surface area contributed by atoms with Gasteiger partial charge in [0.1, 0.15) is 23.8 Å². The van der Waals surface area contributed by atoms with Gasteiger partial charge < -0.3 is 9.73 Å². The Morgan fingerprint density at radius 3 is 2.37 bits per heavy atom. The van der Waals surface area contributed by atoms with Gasteiger partial charge in [-0.1, -0.05) is 26.0 Å². The van der Waals surface area contributed by atoms with Crippen LogP contribution in [0.4, 0.5) is 14.5 Å². The molecule has 0 saturated heterocycles. The smallest absolute Gasteiger partial charge is 0.251 e. The average Bonchev–Trinajstić information content (AvgIpc) is 3.77. The third kappa shape index (κ3) is 6.34. The lowest BCUT2D eigenvalue weighted by atomic mass is 9.95. The Labute approximate surface area is 249 Å². The number of amides is 1. The summed E-state index contributed by atoms with van der Waals surface area (Å²) in [6.07, 6.45) is 4.13. The van der Waals surface area contributed by atoms with Crippen LogP contribution in [0.5, 0.6) is 0 Å². The quantitative estimate of drug-likeness (QED) is 0.172. The van der Waals surface area contributed by atoms with Crippen LogP contribution >= 0.6 is 0 Å². The van der Waals surface area contributed by atoms with Crippen LogP contribution in [0.2, 0.25) is 0 Å². The van der Waals surface area contributed by atoms with E-state index in [0.717, 1.165) is 29.8 Å². The van der Waals surface area contributed by atoms with Crippen LogP contribution in [-0.2, 0) is 10.0 Å². The molecule has 1 fully saturated rings. The summed E-state index contributed by atoms with van der Waals surface area (Å²) in [5.74, 6) is -0.217. The number of benzene rings is 3. The second kappa shape index (κ2) is 12.3. The molecule has 1 aliphatic carbocycles. The fourth-order valence-electron chi connectivity index (χ4n) is 5.50. The van der Waals surface area contributed by atoms with E-state index in [9.17, 15) is 26.8 Å². The van der Waals surface area contributed by atoms with Gasteiger partial charge in [0.05, 0.1) is 24.1 Å². The maximum absolute atomic E-state index is 13.7. The molecule has 1 aromatic heterocycles. The van der Waals surface area contributed by atoms with Crippen LogP contribution in [-0.4, -0.2) is 45.6 Å². The summed E-state index contributed by atoms with van der Waals surface area (Å²) < 4.78 is 60.3. The molecule has 1 amide bonds. The molecule has 226 valence electrons. The molecule has 0 bridgehead atoms. The molecule has 4 aromatic rings. The second-order valence-electron chi connectivity index (χ2n) is 10.9. The van der Waals surface area contributed by atoms with E-state index in [2.05, 4.69) is 5.32 Å². The van der Waals surface area contributed by atoms with Crippen molar-refractivity contribution in [2.45, 2.75) is 45.6 Å². The number of halogens is 2. The van der Waals surface area contributed by atoms with Gasteiger partial charge in [0.15, 0.2) is 5.78 Å². The minimum Gasteiger partial charge on any atom is -0.455 e. The first-order chi connectivity index (χ1) is 20.5. The normalized spacial score (nSPS) is 14.1. The highest BCUT2D eigenvalue weighted by molar-refractivity contribution is 7.92. The molecular formula is C33H34F2N2O5S. The van der Waals surface area contributed by atoms with E-state index < -0.39 is 29.1 Å². The maximum Gasteiger partial charge on any atom is 0.251 e. The van der Waals surface area contributed by atoms with E-state index in [1.54, 1.807) is 37.3 Å². The molecule has 0 radical (unpaired) electrons. The molecule has 3 aromatic carbocycles. The number of carbonyl (C=O) groups is 2. The molecule has 10 heteroatoms. The molecule has 1 N–H and O–H groups in total. The molecule has 7 nitrogen and oxygen atoms in total. The largest absolute Gasteiger partial charge is 0.455 e. The molecule has 5 rings (SSSR count). The maximum atomic E-state index is 13.7. The number of fused-ring (bicyclic) bond motifs is 1. The third-order valence-electron chi connectivity index (χ3n) is 7.85. The Bertz CT molecular complexity index is 1780. The molecule has 1 atom stereocenters. The number of carbonyl (C=O) groups excluding carboxylic acids is 2. The molecule has 0 aliphatic heterocycles. The van der Waals surface area contributed by atoms with Crippen LogP contribution in [0.25, 0.3) is 33.4 Å². The van der Waals surface area contributed by atoms with Crippen LogP contribution in [0, 0.1) is 11.7 Å². The predicted octanol–water partition coefficient (Wildman–Crippen LogP) is 7.15. The van der Waals surface area contributed by atoms with Gasteiger partial charge in [-0.15, -0.1) is 0 Å². The number of alkyl halides is 1. The van der Waals surface area contributed by atoms with Gasteiger partial charge in [-0.25, -0.2) is 17.2 Å². The van der Waals surface area contributed by atoms with Crippen molar-refractivity contribution in [1.29, 1.82) is 0 Å². The van der Waals surface area contributed by atoms with Gasteiger partial charge in [0.25, 0.3) is 5.91 Å². The summed E-state index contributed by atoms with van der Waals surface area (Å²) in [6, 6.07) is 15.5. The average molecular weight is 609 g/mol. The fraction of sp³-hybridized carbons (Fsp3) is 0.333. The van der Waals surface area contributed by atoms with Crippen molar-refractivity contribution in [1.82, 2.24) is 5.32 Å². The second-order valence-corrected chi connectivity index (χ2v) is 12.8. The number of anilines is 1. The number of Topliss-reactive ketones (excluding diaryl/α,β-unsaturated/α-hetero) is 1. The zero-order valence-electron chi connectivity index (χ0n) is 24.3. The van der Waals surface area contributed by atoms with Gasteiger partial charge >= 0.3 is 0 Å². The number of hydrogen-bond acceptors (Lipinski definition) is 5. The highest BCUT2D eigenvalue weighted by Crippen LogP contribution is 2.42. The summed E-state index contributed by atoms with van der Waals surface area (Å²) >= 11 is 0. The van der Waals surface area contributed by atoms with E-state index in [1.807, 2.05) is 6.92 Å². The van der Waals surface area contributed by atoms with Crippen molar-refractivity contribution in [3.8, 4) is 22.5 Å².